The molecule has 148 heavy (non-hydrogen) atoms. The SMILES string of the molecule is Cc1ccc(-c2ccc3c(c2)C(c2ccccc2)(c2ccccc2)c2ccccc2-3)cc1.Cc1ccc2c(c1)C(c1ccccc1)(c1ccccc1)c1cc(-c3ccccc3)ccc1-2.Cc1cccc(-c2ccc3c(c2)C(c2ccccc2)(c2ccccc2)c2ccccc2-3)c1.Cc1cccc2c1-c1ccccc1C2(c1ccccc1)c1ccccc1.Cc1cccc2c1C(c1ccccc1)(c1ccccc1)c1ccccc1-2. The average molecular weight is 1890 g/mol. The first-order valence-electron chi connectivity index (χ1n) is 51.9. The lowest BCUT2D eigenvalue weighted by Crippen LogP contribution is -2.29. The van der Waals surface area contributed by atoms with E-state index in [4.69, 9.17) is 0 Å². The van der Waals surface area contributed by atoms with Crippen LogP contribution in [0.15, 0.2) is 588 Å². The third-order valence-corrected chi connectivity index (χ3v) is 31.8. The van der Waals surface area contributed by atoms with E-state index in [2.05, 4.69) is 623 Å². The second kappa shape index (κ2) is 39.3. The van der Waals surface area contributed by atoms with Crippen LogP contribution in [-0.4, -0.2) is 0 Å². The van der Waals surface area contributed by atoms with Gasteiger partial charge in [-0.3, -0.25) is 0 Å². The molecule has 0 aliphatic heterocycles. The summed E-state index contributed by atoms with van der Waals surface area (Å²) in [7, 11) is 0. The van der Waals surface area contributed by atoms with Crippen LogP contribution in [-0.2, 0) is 27.1 Å². The Balaban J connectivity index is 0.0000000991. The minimum absolute atomic E-state index is 0.263. The predicted octanol–water partition coefficient (Wildman–Crippen LogP) is 36.8. The fourth-order valence-electron chi connectivity index (χ4n) is 25.6. The van der Waals surface area contributed by atoms with Crippen molar-refractivity contribution >= 4 is 0 Å². The molecule has 0 amide bonds. The van der Waals surface area contributed by atoms with Gasteiger partial charge in [-0.05, 0) is 264 Å². The van der Waals surface area contributed by atoms with Gasteiger partial charge in [-0.15, -0.1) is 0 Å². The molecule has 0 nitrogen and oxygen atoms in total. The van der Waals surface area contributed by atoms with Gasteiger partial charge in [0.15, 0.2) is 0 Å². The van der Waals surface area contributed by atoms with Gasteiger partial charge in [-0.25, -0.2) is 0 Å². The van der Waals surface area contributed by atoms with E-state index in [-0.39, 0.29) is 27.1 Å². The Hall–Kier alpha value is -17.9. The number of hydrogen-bond donors (Lipinski definition) is 0. The zero-order valence-electron chi connectivity index (χ0n) is 84.0. The van der Waals surface area contributed by atoms with Crippen molar-refractivity contribution in [2.24, 2.45) is 0 Å². The molecule has 23 aromatic rings. The lowest BCUT2D eigenvalue weighted by Gasteiger charge is -2.34. The van der Waals surface area contributed by atoms with Gasteiger partial charge in [0.25, 0.3) is 0 Å². The first kappa shape index (κ1) is 92.5. The van der Waals surface area contributed by atoms with Crippen LogP contribution in [0.4, 0.5) is 0 Å². The highest BCUT2D eigenvalue weighted by atomic mass is 14.5. The Morgan fingerprint density at radius 1 is 0.115 bits per heavy atom. The van der Waals surface area contributed by atoms with Gasteiger partial charge >= 0.3 is 0 Å². The highest BCUT2D eigenvalue weighted by molar-refractivity contribution is 5.95. The molecule has 5 aliphatic carbocycles. The second-order valence-corrected chi connectivity index (χ2v) is 40.0. The number of rotatable bonds is 13. The molecule has 0 bridgehead atoms. The zero-order valence-corrected chi connectivity index (χ0v) is 84.0. The van der Waals surface area contributed by atoms with Crippen LogP contribution in [0.3, 0.4) is 0 Å². The predicted molar refractivity (Wildman–Crippen MR) is 619 cm³/mol. The van der Waals surface area contributed by atoms with E-state index in [0.29, 0.717) is 0 Å². The molecular formula is C148H112. The third-order valence-electron chi connectivity index (χ3n) is 31.8. The maximum atomic E-state index is 2.42. The van der Waals surface area contributed by atoms with E-state index in [0.717, 1.165) is 0 Å². The molecule has 0 spiro atoms. The first-order chi connectivity index (χ1) is 73.0. The molecule has 0 N–H and O–H groups in total. The van der Waals surface area contributed by atoms with Crippen molar-refractivity contribution in [2.75, 3.05) is 0 Å². The molecule has 0 saturated heterocycles. The van der Waals surface area contributed by atoms with Crippen molar-refractivity contribution in [2.45, 2.75) is 61.7 Å². The van der Waals surface area contributed by atoms with Gasteiger partial charge in [-0.2, -0.15) is 0 Å². The van der Waals surface area contributed by atoms with Gasteiger partial charge in [0.2, 0.25) is 0 Å². The van der Waals surface area contributed by atoms with Crippen LogP contribution in [0.5, 0.6) is 0 Å². The van der Waals surface area contributed by atoms with Crippen molar-refractivity contribution in [1.82, 2.24) is 0 Å². The molecular weight excluding hydrogens is 1780 g/mol. The summed E-state index contributed by atoms with van der Waals surface area (Å²) >= 11 is 0. The zero-order chi connectivity index (χ0) is 99.8. The van der Waals surface area contributed by atoms with Crippen LogP contribution in [0.2, 0.25) is 0 Å². The normalized spacial score (nSPS) is 13.6. The van der Waals surface area contributed by atoms with Crippen LogP contribution < -0.4 is 0 Å². The standard InChI is InChI=1S/3C32H24.2C26H20/c1-23-17-19-28-29-20-18-25(24-11-5-2-6-12-24)22-31(29)32(30(28)21-23,26-13-7-3-8-14-26)27-15-9-4-10-16-27;1-23-11-10-12-24(21-23)25-19-20-29-28-17-8-9-18-30(28)32(31(29)22-25,26-13-4-2-5-14-26)27-15-6-3-7-16-27;1-23-16-18-24(19-17-23)25-20-21-29-28-14-8-9-15-30(28)32(31(29)22-25,26-10-4-2-5-11-26)27-12-6-3-7-13-27;1-19-11-10-17-23-22-16-8-9-18-24(22)26(25(19)23,20-12-4-2-5-13-20)21-14-6-3-7-15-21;1-19-11-10-18-24-25(19)22-16-8-9-17-23(22)26(24,20-12-4-2-5-13-20)21-14-6-3-7-15-21/h3*2-22H,1H3;2*2-18H,1H3. The molecule has 0 radical (unpaired) electrons. The number of hydrogen-bond acceptors (Lipinski definition) is 0. The maximum absolute atomic E-state index is 2.42. The largest absolute Gasteiger partial charge is 0.0716 e. The van der Waals surface area contributed by atoms with Crippen molar-refractivity contribution in [3.05, 3.63) is 728 Å². The van der Waals surface area contributed by atoms with Crippen LogP contribution >= 0.6 is 0 Å². The minimum atomic E-state index is -0.343. The van der Waals surface area contributed by atoms with Crippen molar-refractivity contribution in [3.63, 3.8) is 0 Å². The molecule has 0 aromatic heterocycles. The fourth-order valence-corrected chi connectivity index (χ4v) is 25.6. The number of benzene rings is 23. The summed E-state index contributed by atoms with van der Waals surface area (Å²) in [6.45, 7) is 11.0. The summed E-state index contributed by atoms with van der Waals surface area (Å²) in [5.41, 5.74) is 52.7. The third kappa shape index (κ3) is 15.4. The quantitative estimate of drug-likeness (QED) is 0.108. The van der Waals surface area contributed by atoms with Crippen LogP contribution in [0, 0.1) is 34.6 Å². The highest BCUT2D eigenvalue weighted by Gasteiger charge is 2.52. The summed E-state index contributed by atoms with van der Waals surface area (Å²) in [5.74, 6) is 0. The summed E-state index contributed by atoms with van der Waals surface area (Å²) in [6.07, 6.45) is 0. The highest BCUT2D eigenvalue weighted by Crippen LogP contribution is 2.64. The first-order valence-corrected chi connectivity index (χ1v) is 51.9. The van der Waals surface area contributed by atoms with Crippen molar-refractivity contribution in [3.8, 4) is 89.0 Å². The van der Waals surface area contributed by atoms with Crippen molar-refractivity contribution in [1.29, 1.82) is 0 Å². The Bertz CT molecular complexity index is 8540. The fraction of sp³-hybridized carbons (Fsp3) is 0.0676. The van der Waals surface area contributed by atoms with Gasteiger partial charge < -0.3 is 0 Å². The Kier molecular flexibility index (Phi) is 24.6. The van der Waals surface area contributed by atoms with E-state index in [1.54, 1.807) is 0 Å². The monoisotopic (exact) mass is 1890 g/mol. The van der Waals surface area contributed by atoms with Gasteiger partial charge in [0, 0.05) is 0 Å². The minimum Gasteiger partial charge on any atom is -0.0622 e. The van der Waals surface area contributed by atoms with Gasteiger partial charge in [-0.1, -0.05) is 587 Å². The molecule has 5 aliphatic rings. The average Bonchev–Trinajstić information content (AvgIpc) is 1.50. The second-order valence-electron chi connectivity index (χ2n) is 40.0. The van der Waals surface area contributed by atoms with E-state index in [9.17, 15) is 0 Å². The smallest absolute Gasteiger partial charge is 0.0622 e. The van der Waals surface area contributed by atoms with Gasteiger partial charge in [0.1, 0.15) is 0 Å². The molecule has 0 saturated carbocycles. The summed E-state index contributed by atoms with van der Waals surface area (Å²) < 4.78 is 0. The van der Waals surface area contributed by atoms with E-state index in [1.807, 2.05) is 0 Å². The van der Waals surface area contributed by atoms with Gasteiger partial charge in [0.05, 0.1) is 27.1 Å². The molecule has 0 heterocycles. The summed E-state index contributed by atoms with van der Waals surface area (Å²) in [5, 5.41) is 0. The number of fused-ring (bicyclic) bond motifs is 15. The molecule has 704 valence electrons. The van der Waals surface area contributed by atoms with Crippen LogP contribution in [0.25, 0.3) is 89.0 Å². The molecule has 0 fully saturated rings. The molecule has 23 aromatic carbocycles. The summed E-state index contributed by atoms with van der Waals surface area (Å²) in [4.78, 5) is 0. The van der Waals surface area contributed by atoms with E-state index in [1.165, 1.54) is 228 Å². The molecule has 0 unspecified atom stereocenters. The summed E-state index contributed by atoms with van der Waals surface area (Å²) in [6, 6.07) is 215. The number of aryl methyl sites for hydroxylation is 5. The lowest BCUT2D eigenvalue weighted by atomic mass is 9.67. The lowest BCUT2D eigenvalue weighted by molar-refractivity contribution is 0.762. The Labute approximate surface area is 871 Å². The molecule has 28 rings (SSSR count). The van der Waals surface area contributed by atoms with E-state index >= 15 is 0 Å². The molecule has 0 atom stereocenters. The molecule has 0 heteroatoms. The Morgan fingerprint density at radius 2 is 0.331 bits per heavy atom. The maximum Gasteiger partial charge on any atom is 0.0716 e. The Morgan fingerprint density at radius 3 is 0.709 bits per heavy atom. The van der Waals surface area contributed by atoms with E-state index < -0.39 is 0 Å². The topological polar surface area (TPSA) is 0 Å². The van der Waals surface area contributed by atoms with Crippen molar-refractivity contribution < 1.29 is 0 Å². The van der Waals surface area contributed by atoms with Crippen LogP contribution in [0.1, 0.15) is 139 Å².